The molecule has 1 amide bonds. The predicted molar refractivity (Wildman–Crippen MR) is 144 cm³/mol. The van der Waals surface area contributed by atoms with Gasteiger partial charge in [0.05, 0.1) is 13.0 Å². The van der Waals surface area contributed by atoms with Crippen molar-refractivity contribution >= 4 is 17.8 Å². The third-order valence-corrected chi connectivity index (χ3v) is 6.40. The van der Waals surface area contributed by atoms with Crippen LogP contribution < -0.4 is 5.32 Å². The van der Waals surface area contributed by atoms with E-state index in [2.05, 4.69) is 17.4 Å². The van der Waals surface area contributed by atoms with Gasteiger partial charge in [0, 0.05) is 12.3 Å². The maximum atomic E-state index is 13.2. The summed E-state index contributed by atoms with van der Waals surface area (Å²) < 4.78 is 11.0. The predicted octanol–water partition coefficient (Wildman–Crippen LogP) is 4.93. The number of alkyl carbamates (subject to hydrolysis) is 1. The molecule has 1 atom stereocenters. The number of Topliss-reactive ketones (excluding diaryl/α,β-unsaturated/α-hetero) is 1. The lowest BCUT2D eigenvalue weighted by atomic mass is 9.98. The van der Waals surface area contributed by atoms with Crippen molar-refractivity contribution in [2.75, 3.05) is 6.61 Å². The van der Waals surface area contributed by atoms with Crippen LogP contribution in [0.5, 0.6) is 0 Å². The highest BCUT2D eigenvalue weighted by Gasteiger charge is 2.31. The highest BCUT2D eigenvalue weighted by atomic mass is 16.6. The molecule has 0 unspecified atom stereocenters. The van der Waals surface area contributed by atoms with Gasteiger partial charge < -0.3 is 19.9 Å². The number of ketones is 1. The molecule has 7 nitrogen and oxygen atoms in total. The normalized spacial score (nSPS) is 13.3. The summed E-state index contributed by atoms with van der Waals surface area (Å²) in [6, 6.07) is 21.9. The monoisotopic (exact) mass is 515 g/mol. The van der Waals surface area contributed by atoms with Crippen molar-refractivity contribution < 1.29 is 29.0 Å². The summed E-state index contributed by atoms with van der Waals surface area (Å²) in [5.74, 6) is -1.07. The fraction of sp³-hybridized carbons (Fsp3) is 0.323. The molecule has 0 fully saturated rings. The average Bonchev–Trinajstić information content (AvgIpc) is 3.20. The Bertz CT molecular complexity index is 1260. The summed E-state index contributed by atoms with van der Waals surface area (Å²) in [6.07, 6.45) is -1.08. The van der Waals surface area contributed by atoms with Gasteiger partial charge in [-0.2, -0.15) is 0 Å². The molecule has 0 saturated carbocycles. The van der Waals surface area contributed by atoms with Gasteiger partial charge >= 0.3 is 12.1 Å². The van der Waals surface area contributed by atoms with Crippen LogP contribution in [0.1, 0.15) is 55.4 Å². The molecule has 0 bridgehead atoms. The third kappa shape index (κ3) is 6.66. The Hall–Kier alpha value is -3.97. The van der Waals surface area contributed by atoms with E-state index in [4.69, 9.17) is 9.47 Å². The number of rotatable bonds is 9. The molecule has 3 aromatic carbocycles. The maximum absolute atomic E-state index is 13.2. The number of carbonyl (C=O) groups excluding carboxylic acids is 3. The van der Waals surface area contributed by atoms with Gasteiger partial charge in [0.15, 0.2) is 5.78 Å². The zero-order valence-electron chi connectivity index (χ0n) is 21.9. The average molecular weight is 516 g/mol. The number of benzene rings is 3. The number of amides is 1. The molecule has 1 aliphatic rings. The van der Waals surface area contributed by atoms with Crippen molar-refractivity contribution in [1.29, 1.82) is 0 Å². The first kappa shape index (κ1) is 27.1. The third-order valence-electron chi connectivity index (χ3n) is 6.40. The molecule has 0 aliphatic heterocycles. The Kier molecular flexibility index (Phi) is 8.27. The van der Waals surface area contributed by atoms with E-state index in [-0.39, 0.29) is 37.8 Å². The standard InChI is InChI=1S/C31H33NO6/c1-31(2,3)38-29(35)17-27(28(34)16-20-12-14-21(18-33)15-13-20)32-30(36)37-19-26-24-10-6-4-8-22(24)23-9-5-7-11-25(23)26/h4-15,26-27,33H,16-19H2,1-3H3,(H,32,36)/t27-/m1/s1. The molecule has 0 saturated heterocycles. The molecule has 4 rings (SSSR count). The van der Waals surface area contributed by atoms with Crippen molar-refractivity contribution in [1.82, 2.24) is 5.32 Å². The van der Waals surface area contributed by atoms with E-state index in [1.54, 1.807) is 45.0 Å². The second-order valence-corrected chi connectivity index (χ2v) is 10.4. The van der Waals surface area contributed by atoms with Crippen LogP contribution in [0.3, 0.4) is 0 Å². The number of hydrogen-bond donors (Lipinski definition) is 2. The van der Waals surface area contributed by atoms with Crippen molar-refractivity contribution in [3.05, 3.63) is 95.1 Å². The minimum absolute atomic E-state index is 0.00281. The van der Waals surface area contributed by atoms with Crippen molar-refractivity contribution in [2.24, 2.45) is 0 Å². The Morgan fingerprint density at radius 1 is 0.868 bits per heavy atom. The maximum Gasteiger partial charge on any atom is 0.407 e. The Morgan fingerprint density at radius 2 is 1.42 bits per heavy atom. The van der Waals surface area contributed by atoms with E-state index in [1.807, 2.05) is 36.4 Å². The van der Waals surface area contributed by atoms with Gasteiger partial charge in [-0.1, -0.05) is 72.8 Å². The lowest BCUT2D eigenvalue weighted by molar-refractivity contribution is -0.156. The largest absolute Gasteiger partial charge is 0.460 e. The number of hydrogen-bond acceptors (Lipinski definition) is 6. The molecule has 2 N–H and O–H groups in total. The van der Waals surface area contributed by atoms with E-state index < -0.39 is 23.7 Å². The highest BCUT2D eigenvalue weighted by molar-refractivity contribution is 5.92. The van der Waals surface area contributed by atoms with E-state index in [0.717, 1.165) is 27.8 Å². The SMILES string of the molecule is CC(C)(C)OC(=O)C[C@@H](NC(=O)OCC1c2ccccc2-c2ccccc21)C(=O)Cc1ccc(CO)cc1. The number of aliphatic hydroxyl groups is 1. The molecule has 38 heavy (non-hydrogen) atoms. The fourth-order valence-corrected chi connectivity index (χ4v) is 4.66. The molecule has 0 aromatic heterocycles. The van der Waals surface area contributed by atoms with Crippen LogP contribution in [0.2, 0.25) is 0 Å². The summed E-state index contributed by atoms with van der Waals surface area (Å²) in [4.78, 5) is 38.6. The van der Waals surface area contributed by atoms with Crippen molar-refractivity contribution in [3.63, 3.8) is 0 Å². The number of aliphatic hydroxyl groups excluding tert-OH is 1. The first-order valence-electron chi connectivity index (χ1n) is 12.7. The molecule has 0 spiro atoms. The zero-order chi connectivity index (χ0) is 27.3. The van der Waals surface area contributed by atoms with Gasteiger partial charge in [-0.15, -0.1) is 0 Å². The molecule has 7 heteroatoms. The Labute approximate surface area is 222 Å². The van der Waals surface area contributed by atoms with Crippen LogP contribution in [0.4, 0.5) is 4.79 Å². The van der Waals surface area contributed by atoms with Crippen LogP contribution >= 0.6 is 0 Å². The first-order valence-corrected chi connectivity index (χ1v) is 12.7. The number of fused-ring (bicyclic) bond motifs is 3. The van der Waals surface area contributed by atoms with Gasteiger partial charge in [-0.05, 0) is 54.2 Å². The molecule has 198 valence electrons. The van der Waals surface area contributed by atoms with Crippen LogP contribution in [0.15, 0.2) is 72.8 Å². The number of carbonyl (C=O) groups is 3. The van der Waals surface area contributed by atoms with Crippen LogP contribution in [0.25, 0.3) is 11.1 Å². The van der Waals surface area contributed by atoms with Gasteiger partial charge in [0.2, 0.25) is 0 Å². The summed E-state index contributed by atoms with van der Waals surface area (Å²) in [5, 5.41) is 11.8. The number of nitrogens with one attached hydrogen (secondary N) is 1. The lowest BCUT2D eigenvalue weighted by Crippen LogP contribution is -2.44. The van der Waals surface area contributed by atoms with Gasteiger partial charge in [0.1, 0.15) is 18.2 Å². The smallest absolute Gasteiger partial charge is 0.407 e. The van der Waals surface area contributed by atoms with E-state index in [9.17, 15) is 19.5 Å². The zero-order valence-corrected chi connectivity index (χ0v) is 21.9. The molecule has 3 aromatic rings. The van der Waals surface area contributed by atoms with E-state index in [0.29, 0.717) is 5.56 Å². The second kappa shape index (κ2) is 11.6. The molecule has 0 radical (unpaired) electrons. The van der Waals surface area contributed by atoms with E-state index in [1.165, 1.54) is 0 Å². The van der Waals surface area contributed by atoms with Crippen LogP contribution in [-0.2, 0) is 32.1 Å². The van der Waals surface area contributed by atoms with E-state index >= 15 is 0 Å². The fourth-order valence-electron chi connectivity index (χ4n) is 4.66. The van der Waals surface area contributed by atoms with Gasteiger partial charge in [-0.3, -0.25) is 9.59 Å². The number of esters is 1. The first-order chi connectivity index (χ1) is 18.1. The topological polar surface area (TPSA) is 102 Å². The van der Waals surface area contributed by atoms with Crippen LogP contribution in [-0.4, -0.2) is 41.2 Å². The quantitative estimate of drug-likeness (QED) is 0.392. The van der Waals surface area contributed by atoms with Crippen molar-refractivity contribution in [3.8, 4) is 11.1 Å². The van der Waals surface area contributed by atoms with Gasteiger partial charge in [0.25, 0.3) is 0 Å². The summed E-state index contributed by atoms with van der Waals surface area (Å²) in [5.41, 5.74) is 5.08. The Balaban J connectivity index is 1.45. The molecule has 1 aliphatic carbocycles. The highest BCUT2D eigenvalue weighted by Crippen LogP contribution is 2.44. The second-order valence-electron chi connectivity index (χ2n) is 10.4. The number of ether oxygens (including phenoxy) is 2. The minimum Gasteiger partial charge on any atom is -0.460 e. The van der Waals surface area contributed by atoms with Gasteiger partial charge in [-0.25, -0.2) is 4.79 Å². The molecule has 0 heterocycles. The Morgan fingerprint density at radius 3 is 1.97 bits per heavy atom. The lowest BCUT2D eigenvalue weighted by Gasteiger charge is -2.23. The summed E-state index contributed by atoms with van der Waals surface area (Å²) in [7, 11) is 0. The molecular formula is C31H33NO6. The van der Waals surface area contributed by atoms with Crippen molar-refractivity contribution in [2.45, 2.75) is 57.8 Å². The van der Waals surface area contributed by atoms with Crippen LogP contribution in [0, 0.1) is 0 Å². The summed E-state index contributed by atoms with van der Waals surface area (Å²) in [6.45, 7) is 5.21. The minimum atomic E-state index is -1.11. The summed E-state index contributed by atoms with van der Waals surface area (Å²) >= 11 is 0. The molecular weight excluding hydrogens is 482 g/mol.